The van der Waals surface area contributed by atoms with E-state index in [1.807, 2.05) is 6.92 Å². The molecule has 1 saturated heterocycles. The van der Waals surface area contributed by atoms with Gasteiger partial charge in [-0.1, -0.05) is 0 Å². The van der Waals surface area contributed by atoms with Crippen LogP contribution in [0.3, 0.4) is 0 Å². The Balaban J connectivity index is 2.22. The van der Waals surface area contributed by atoms with Crippen molar-refractivity contribution >= 4 is 23.2 Å². The van der Waals surface area contributed by atoms with Crippen LogP contribution >= 0.6 is 0 Å². The van der Waals surface area contributed by atoms with Gasteiger partial charge in [-0.05, 0) is 19.1 Å². The van der Waals surface area contributed by atoms with Crippen molar-refractivity contribution in [2.45, 2.75) is 19.4 Å². The normalized spacial score (nSPS) is 17.2. The quantitative estimate of drug-likeness (QED) is 0.544. The van der Waals surface area contributed by atoms with Gasteiger partial charge in [0, 0.05) is 31.3 Å². The fourth-order valence-electron chi connectivity index (χ4n) is 2.16. The molecule has 112 valence electrons. The summed E-state index contributed by atoms with van der Waals surface area (Å²) >= 11 is 0. The molecular weight excluding hydrogens is 276 g/mol. The van der Waals surface area contributed by atoms with Crippen molar-refractivity contribution in [3.63, 3.8) is 0 Å². The van der Waals surface area contributed by atoms with E-state index in [0.717, 1.165) is 0 Å². The van der Waals surface area contributed by atoms with Gasteiger partial charge in [0.25, 0.3) is 11.6 Å². The summed E-state index contributed by atoms with van der Waals surface area (Å²) < 4.78 is 0. The number of carbonyl (C=O) groups is 2. The molecule has 1 aliphatic rings. The first kappa shape index (κ1) is 14.8. The van der Waals surface area contributed by atoms with Gasteiger partial charge in [0.05, 0.1) is 11.0 Å². The topological polar surface area (TPSA) is 113 Å². The van der Waals surface area contributed by atoms with Gasteiger partial charge in [-0.15, -0.1) is 0 Å². The molecule has 0 aliphatic carbocycles. The Bertz CT molecular complexity index is 588. The highest BCUT2D eigenvalue weighted by Gasteiger charge is 2.26. The Hall–Kier alpha value is -2.64. The zero-order valence-corrected chi connectivity index (χ0v) is 11.5. The van der Waals surface area contributed by atoms with Crippen molar-refractivity contribution in [1.82, 2.24) is 10.6 Å². The predicted molar refractivity (Wildman–Crippen MR) is 76.1 cm³/mol. The zero-order chi connectivity index (χ0) is 15.4. The Kier molecular flexibility index (Phi) is 4.36. The van der Waals surface area contributed by atoms with E-state index in [-0.39, 0.29) is 29.6 Å². The molecule has 1 aromatic rings. The maximum Gasteiger partial charge on any atom is 0.282 e. The summed E-state index contributed by atoms with van der Waals surface area (Å²) in [7, 11) is 0. The molecule has 1 unspecified atom stereocenters. The van der Waals surface area contributed by atoms with Crippen molar-refractivity contribution in [3.05, 3.63) is 33.9 Å². The fourth-order valence-corrected chi connectivity index (χ4v) is 2.16. The van der Waals surface area contributed by atoms with Crippen molar-refractivity contribution in [3.8, 4) is 0 Å². The molecule has 1 heterocycles. The van der Waals surface area contributed by atoms with Gasteiger partial charge in [-0.2, -0.15) is 0 Å². The van der Waals surface area contributed by atoms with E-state index in [4.69, 9.17) is 0 Å². The monoisotopic (exact) mass is 292 g/mol. The van der Waals surface area contributed by atoms with E-state index in [1.54, 1.807) is 6.07 Å². The summed E-state index contributed by atoms with van der Waals surface area (Å²) in [4.78, 5) is 33.7. The highest BCUT2D eigenvalue weighted by molar-refractivity contribution is 5.99. The van der Waals surface area contributed by atoms with Crippen LogP contribution in [0.25, 0.3) is 0 Å². The SMILES string of the molecule is CCNc1ccc([N+](=O)[O-])c(C(=O)NC2CNC(=O)C2)c1. The van der Waals surface area contributed by atoms with Crippen molar-refractivity contribution in [2.24, 2.45) is 0 Å². The molecule has 2 rings (SSSR count). The van der Waals surface area contributed by atoms with E-state index in [1.165, 1.54) is 12.1 Å². The minimum atomic E-state index is -0.595. The van der Waals surface area contributed by atoms with Crippen LogP contribution in [-0.2, 0) is 4.79 Å². The number of nitrogens with zero attached hydrogens (tertiary/aromatic N) is 1. The van der Waals surface area contributed by atoms with E-state index in [2.05, 4.69) is 16.0 Å². The van der Waals surface area contributed by atoms with Crippen LogP contribution in [0, 0.1) is 10.1 Å². The van der Waals surface area contributed by atoms with E-state index in [9.17, 15) is 19.7 Å². The molecule has 0 spiro atoms. The molecule has 8 heteroatoms. The van der Waals surface area contributed by atoms with Gasteiger partial charge in [-0.3, -0.25) is 19.7 Å². The molecule has 1 aliphatic heterocycles. The molecular formula is C13H16N4O4. The van der Waals surface area contributed by atoms with Crippen molar-refractivity contribution in [1.29, 1.82) is 0 Å². The first-order chi connectivity index (χ1) is 10.0. The summed E-state index contributed by atoms with van der Waals surface area (Å²) in [5.41, 5.74) is 0.359. The number of nitro benzene ring substituents is 1. The number of amides is 2. The number of benzene rings is 1. The number of hydrogen-bond donors (Lipinski definition) is 3. The van der Waals surface area contributed by atoms with E-state index in [0.29, 0.717) is 18.8 Å². The predicted octanol–water partition coefficient (Wildman–Crippen LogP) is 0.645. The second-order valence-electron chi connectivity index (χ2n) is 4.70. The molecule has 3 N–H and O–H groups in total. The maximum absolute atomic E-state index is 12.2. The van der Waals surface area contributed by atoms with Gasteiger partial charge >= 0.3 is 0 Å². The summed E-state index contributed by atoms with van der Waals surface area (Å²) in [6.07, 6.45) is 0.187. The van der Waals surface area contributed by atoms with Crippen LogP contribution in [-0.4, -0.2) is 35.9 Å². The first-order valence-corrected chi connectivity index (χ1v) is 6.61. The first-order valence-electron chi connectivity index (χ1n) is 6.61. The molecule has 2 amide bonds. The largest absolute Gasteiger partial charge is 0.385 e. The van der Waals surface area contributed by atoms with Crippen LogP contribution < -0.4 is 16.0 Å². The second kappa shape index (κ2) is 6.21. The zero-order valence-electron chi connectivity index (χ0n) is 11.5. The summed E-state index contributed by atoms with van der Waals surface area (Å²) in [6, 6.07) is 3.96. The third-order valence-electron chi connectivity index (χ3n) is 3.13. The number of rotatable bonds is 5. The molecule has 8 nitrogen and oxygen atoms in total. The second-order valence-corrected chi connectivity index (χ2v) is 4.70. The van der Waals surface area contributed by atoms with E-state index >= 15 is 0 Å². The summed E-state index contributed by atoms with van der Waals surface area (Å²) in [6.45, 7) is 2.86. The number of carbonyl (C=O) groups excluding carboxylic acids is 2. The summed E-state index contributed by atoms with van der Waals surface area (Å²) in [5.74, 6) is -0.695. The Labute approximate surface area is 121 Å². The minimum absolute atomic E-state index is 0.0159. The smallest absolute Gasteiger partial charge is 0.282 e. The Morgan fingerprint density at radius 3 is 2.86 bits per heavy atom. The highest BCUT2D eigenvalue weighted by Crippen LogP contribution is 2.23. The summed E-state index contributed by atoms with van der Waals surface area (Å²) in [5, 5.41) is 19.3. The molecule has 0 saturated carbocycles. The van der Waals surface area contributed by atoms with Gasteiger partial charge in [0.2, 0.25) is 5.91 Å². The average molecular weight is 292 g/mol. The Morgan fingerprint density at radius 1 is 1.52 bits per heavy atom. The van der Waals surface area contributed by atoms with Crippen LogP contribution in [0.4, 0.5) is 11.4 Å². The Morgan fingerprint density at radius 2 is 2.29 bits per heavy atom. The molecule has 0 bridgehead atoms. The van der Waals surface area contributed by atoms with Crippen molar-refractivity contribution in [2.75, 3.05) is 18.4 Å². The lowest BCUT2D eigenvalue weighted by Crippen LogP contribution is -2.36. The van der Waals surface area contributed by atoms with Crippen LogP contribution in [0.2, 0.25) is 0 Å². The molecule has 1 atom stereocenters. The number of hydrogen-bond acceptors (Lipinski definition) is 5. The third-order valence-corrected chi connectivity index (χ3v) is 3.13. The number of anilines is 1. The lowest BCUT2D eigenvalue weighted by Gasteiger charge is -2.12. The van der Waals surface area contributed by atoms with Gasteiger partial charge in [0.15, 0.2) is 0 Å². The number of nitro groups is 1. The molecule has 1 fully saturated rings. The fraction of sp³-hybridized carbons (Fsp3) is 0.385. The van der Waals surface area contributed by atoms with E-state index < -0.39 is 10.8 Å². The van der Waals surface area contributed by atoms with Gasteiger partial charge in [-0.25, -0.2) is 0 Å². The van der Waals surface area contributed by atoms with Crippen LogP contribution in [0.1, 0.15) is 23.7 Å². The van der Waals surface area contributed by atoms with Gasteiger partial charge < -0.3 is 16.0 Å². The van der Waals surface area contributed by atoms with Gasteiger partial charge in [0.1, 0.15) is 5.56 Å². The van der Waals surface area contributed by atoms with Crippen LogP contribution in [0.5, 0.6) is 0 Å². The molecule has 0 radical (unpaired) electrons. The van der Waals surface area contributed by atoms with Crippen LogP contribution in [0.15, 0.2) is 18.2 Å². The molecule has 1 aromatic carbocycles. The molecule has 21 heavy (non-hydrogen) atoms. The highest BCUT2D eigenvalue weighted by atomic mass is 16.6. The standard InChI is InChI=1S/C13H16N4O4/c1-2-14-8-3-4-11(17(20)21)10(5-8)13(19)16-9-6-12(18)15-7-9/h3-5,9,14H,2,6-7H2,1H3,(H,15,18)(H,16,19). The average Bonchev–Trinajstić information content (AvgIpc) is 2.84. The number of nitrogens with one attached hydrogen (secondary N) is 3. The molecule has 0 aromatic heterocycles. The lowest BCUT2D eigenvalue weighted by atomic mass is 10.1. The maximum atomic E-state index is 12.2. The lowest BCUT2D eigenvalue weighted by molar-refractivity contribution is -0.385. The minimum Gasteiger partial charge on any atom is -0.385 e. The third kappa shape index (κ3) is 3.47. The van der Waals surface area contributed by atoms with Crippen molar-refractivity contribution < 1.29 is 14.5 Å².